The molecule has 0 radical (unpaired) electrons. The first-order chi connectivity index (χ1) is 8.44. The molecule has 0 atom stereocenters. The zero-order chi connectivity index (χ0) is 13.3. The quantitative estimate of drug-likeness (QED) is 0.882. The highest BCUT2D eigenvalue weighted by Crippen LogP contribution is 2.30. The average molecular weight is 268 g/mol. The van der Waals surface area contributed by atoms with E-state index in [0.29, 0.717) is 17.9 Å². The van der Waals surface area contributed by atoms with Gasteiger partial charge in [0.1, 0.15) is 5.69 Å². The Balaban J connectivity index is 2.23. The van der Waals surface area contributed by atoms with Crippen molar-refractivity contribution in [1.29, 1.82) is 0 Å². The Kier molecular flexibility index (Phi) is 3.56. The van der Waals surface area contributed by atoms with E-state index in [9.17, 15) is 4.79 Å². The van der Waals surface area contributed by atoms with Crippen LogP contribution in [0.2, 0.25) is 0 Å². The average Bonchev–Trinajstić information content (AvgIpc) is 2.68. The number of hydrogen-bond donors (Lipinski definition) is 1. The van der Waals surface area contributed by atoms with E-state index in [2.05, 4.69) is 18.9 Å². The lowest BCUT2D eigenvalue weighted by Gasteiger charge is -2.37. The molecule has 0 spiro atoms. The van der Waals surface area contributed by atoms with Crippen molar-refractivity contribution in [3.63, 3.8) is 0 Å². The van der Waals surface area contributed by atoms with E-state index >= 15 is 0 Å². The molecule has 2 heterocycles. The Morgan fingerprint density at radius 1 is 1.61 bits per heavy atom. The molecule has 1 aromatic rings. The molecule has 1 aliphatic heterocycles. The second-order valence-electron chi connectivity index (χ2n) is 5.10. The summed E-state index contributed by atoms with van der Waals surface area (Å²) in [7, 11) is 0. The number of nitrogens with zero attached hydrogens (tertiary/aromatic N) is 3. The maximum atomic E-state index is 12.5. The zero-order valence-corrected chi connectivity index (χ0v) is 12.0. The van der Waals surface area contributed by atoms with Crippen molar-refractivity contribution in [2.24, 2.45) is 0 Å². The number of aromatic nitrogens is 2. The molecule has 0 bridgehead atoms. The van der Waals surface area contributed by atoms with Crippen LogP contribution in [-0.4, -0.2) is 44.2 Å². The number of nitrogens with two attached hydrogens (primary N) is 1. The van der Waals surface area contributed by atoms with Crippen LogP contribution in [0.4, 0.5) is 5.69 Å². The number of thioether (sulfide) groups is 1. The van der Waals surface area contributed by atoms with Crippen LogP contribution in [0.25, 0.3) is 0 Å². The maximum Gasteiger partial charge on any atom is 0.274 e. The van der Waals surface area contributed by atoms with Crippen molar-refractivity contribution < 1.29 is 4.79 Å². The van der Waals surface area contributed by atoms with Crippen LogP contribution in [0.1, 0.15) is 31.3 Å². The molecule has 0 aromatic carbocycles. The third-order valence-corrected chi connectivity index (χ3v) is 4.38. The van der Waals surface area contributed by atoms with Crippen LogP contribution >= 0.6 is 11.8 Å². The maximum absolute atomic E-state index is 12.5. The Labute approximate surface area is 112 Å². The monoisotopic (exact) mass is 268 g/mol. The van der Waals surface area contributed by atoms with E-state index < -0.39 is 0 Å². The van der Waals surface area contributed by atoms with Gasteiger partial charge in [-0.15, -0.1) is 0 Å². The molecule has 0 aliphatic carbocycles. The van der Waals surface area contributed by atoms with Gasteiger partial charge in [0, 0.05) is 30.1 Å². The topological polar surface area (TPSA) is 64.2 Å². The van der Waals surface area contributed by atoms with E-state index in [1.54, 1.807) is 10.9 Å². The molecule has 18 heavy (non-hydrogen) atoms. The number of nitrogen functional groups attached to an aromatic ring is 1. The summed E-state index contributed by atoms with van der Waals surface area (Å²) in [5.74, 6) is 0.971. The first-order valence-corrected chi connectivity index (χ1v) is 7.17. The smallest absolute Gasteiger partial charge is 0.274 e. The molecule has 100 valence electrons. The zero-order valence-electron chi connectivity index (χ0n) is 11.1. The number of amides is 1. The number of anilines is 1. The van der Waals surface area contributed by atoms with Crippen molar-refractivity contribution >= 4 is 23.4 Å². The first kappa shape index (κ1) is 13.3. The van der Waals surface area contributed by atoms with Gasteiger partial charge in [-0.25, -0.2) is 0 Å². The molecule has 1 amide bonds. The molecule has 1 saturated heterocycles. The molecular weight excluding hydrogens is 248 g/mol. The van der Waals surface area contributed by atoms with Crippen molar-refractivity contribution in [3.8, 4) is 0 Å². The minimum Gasteiger partial charge on any atom is -0.396 e. The van der Waals surface area contributed by atoms with Crippen molar-refractivity contribution in [1.82, 2.24) is 14.7 Å². The third-order valence-electron chi connectivity index (χ3n) is 3.08. The van der Waals surface area contributed by atoms with Gasteiger partial charge in [0.05, 0.1) is 11.9 Å². The third kappa shape index (κ3) is 2.48. The van der Waals surface area contributed by atoms with Gasteiger partial charge >= 0.3 is 0 Å². The molecule has 1 fully saturated rings. The summed E-state index contributed by atoms with van der Waals surface area (Å²) in [5, 5.41) is 4.13. The lowest BCUT2D eigenvalue weighted by Crippen LogP contribution is -2.46. The van der Waals surface area contributed by atoms with Crippen molar-refractivity contribution in [2.75, 3.05) is 24.6 Å². The van der Waals surface area contributed by atoms with Crippen LogP contribution in [0.15, 0.2) is 6.20 Å². The van der Waals surface area contributed by atoms with Gasteiger partial charge in [0.15, 0.2) is 0 Å². The molecule has 1 aliphatic rings. The first-order valence-electron chi connectivity index (χ1n) is 6.19. The summed E-state index contributed by atoms with van der Waals surface area (Å²) in [6.45, 7) is 8.48. The van der Waals surface area contributed by atoms with E-state index in [0.717, 1.165) is 18.8 Å². The second-order valence-corrected chi connectivity index (χ2v) is 6.90. The number of aryl methyl sites for hydroxylation is 1. The second kappa shape index (κ2) is 4.84. The normalized spacial score (nSPS) is 18.9. The predicted molar refractivity (Wildman–Crippen MR) is 74.8 cm³/mol. The van der Waals surface area contributed by atoms with Crippen LogP contribution in [-0.2, 0) is 6.54 Å². The molecule has 1 aromatic heterocycles. The summed E-state index contributed by atoms with van der Waals surface area (Å²) in [6, 6.07) is 0. The Bertz CT molecular complexity index is 455. The van der Waals surface area contributed by atoms with E-state index in [4.69, 9.17) is 5.73 Å². The minimum atomic E-state index is 0.000208. The molecule has 5 nitrogen and oxygen atoms in total. The van der Waals surface area contributed by atoms with Crippen LogP contribution in [0, 0.1) is 0 Å². The predicted octanol–water partition coefficient (Wildman–Crippen LogP) is 1.45. The summed E-state index contributed by atoms with van der Waals surface area (Å²) in [4.78, 5) is 14.4. The van der Waals surface area contributed by atoms with Crippen molar-refractivity contribution in [3.05, 3.63) is 11.9 Å². The Morgan fingerprint density at radius 3 is 2.94 bits per heavy atom. The van der Waals surface area contributed by atoms with E-state index in [1.165, 1.54) is 0 Å². The number of carbonyl (C=O) groups excluding carboxylic acids is 1. The Morgan fingerprint density at radius 2 is 2.33 bits per heavy atom. The van der Waals surface area contributed by atoms with Crippen LogP contribution in [0.5, 0.6) is 0 Å². The van der Waals surface area contributed by atoms with Crippen LogP contribution in [0.3, 0.4) is 0 Å². The highest BCUT2D eigenvalue weighted by molar-refractivity contribution is 8.00. The molecule has 0 unspecified atom stereocenters. The molecule has 2 rings (SSSR count). The van der Waals surface area contributed by atoms with Gasteiger partial charge in [0.25, 0.3) is 5.91 Å². The highest BCUT2D eigenvalue weighted by Gasteiger charge is 2.32. The van der Waals surface area contributed by atoms with E-state index in [1.807, 2.05) is 23.6 Å². The molecular formula is C12H20N4OS. The SMILES string of the molecule is CCn1ncc(N)c1C(=O)N1CCSC(C)(C)C1. The largest absolute Gasteiger partial charge is 0.396 e. The highest BCUT2D eigenvalue weighted by atomic mass is 32.2. The van der Waals surface area contributed by atoms with Gasteiger partial charge in [-0.3, -0.25) is 9.48 Å². The lowest BCUT2D eigenvalue weighted by molar-refractivity contribution is 0.0736. The van der Waals surface area contributed by atoms with Gasteiger partial charge in [-0.2, -0.15) is 16.9 Å². The number of carbonyl (C=O) groups is 1. The van der Waals surface area contributed by atoms with Gasteiger partial charge in [-0.05, 0) is 20.8 Å². The fraction of sp³-hybridized carbons (Fsp3) is 0.667. The summed E-state index contributed by atoms with van der Waals surface area (Å²) < 4.78 is 1.78. The van der Waals surface area contributed by atoms with Gasteiger partial charge in [-0.1, -0.05) is 0 Å². The summed E-state index contributed by atoms with van der Waals surface area (Å²) in [5.41, 5.74) is 6.85. The molecule has 0 saturated carbocycles. The van der Waals surface area contributed by atoms with Gasteiger partial charge in [0.2, 0.25) is 0 Å². The van der Waals surface area contributed by atoms with Crippen LogP contribution < -0.4 is 5.73 Å². The Hall–Kier alpha value is -1.17. The lowest BCUT2D eigenvalue weighted by atomic mass is 10.1. The fourth-order valence-corrected chi connectivity index (χ4v) is 3.32. The summed E-state index contributed by atoms with van der Waals surface area (Å²) in [6.07, 6.45) is 1.56. The van der Waals surface area contributed by atoms with Crippen molar-refractivity contribution in [2.45, 2.75) is 32.1 Å². The standard InChI is InChI=1S/C12H20N4OS/c1-4-16-10(9(13)7-14-16)11(17)15-5-6-18-12(2,3)8-15/h7H,4-6,8,13H2,1-3H3. The summed E-state index contributed by atoms with van der Waals surface area (Å²) >= 11 is 1.91. The molecule has 2 N–H and O–H groups in total. The number of hydrogen-bond acceptors (Lipinski definition) is 4. The van der Waals surface area contributed by atoms with E-state index in [-0.39, 0.29) is 10.7 Å². The number of rotatable bonds is 2. The fourth-order valence-electron chi connectivity index (χ4n) is 2.21. The minimum absolute atomic E-state index is 0.000208. The molecule has 6 heteroatoms. The van der Waals surface area contributed by atoms with Gasteiger partial charge < -0.3 is 10.6 Å².